The fourth-order valence-corrected chi connectivity index (χ4v) is 3.80. The molecule has 0 aliphatic carbocycles. The van der Waals surface area contributed by atoms with Gasteiger partial charge in [-0.3, -0.25) is 4.79 Å². The summed E-state index contributed by atoms with van der Waals surface area (Å²) >= 11 is 5.90. The third-order valence-electron chi connectivity index (χ3n) is 5.46. The van der Waals surface area contributed by atoms with Crippen LogP contribution in [0.1, 0.15) is 17.5 Å². The summed E-state index contributed by atoms with van der Waals surface area (Å²) in [7, 11) is 4.58. The SMILES string of the molecule is COc1cc(-c2noc(C(Cc3ccccc3)NC(=O)COc3ccc(Cl)cc3)n2)cc(OC)c1OC. The summed E-state index contributed by atoms with van der Waals surface area (Å²) in [6, 6.07) is 19.3. The van der Waals surface area contributed by atoms with E-state index in [1.54, 1.807) is 36.4 Å². The first-order valence-corrected chi connectivity index (χ1v) is 11.7. The molecule has 1 unspecified atom stereocenters. The number of rotatable bonds is 11. The highest BCUT2D eigenvalue weighted by atomic mass is 35.5. The smallest absolute Gasteiger partial charge is 0.258 e. The zero-order valence-electron chi connectivity index (χ0n) is 20.6. The van der Waals surface area contributed by atoms with Crippen molar-refractivity contribution in [3.8, 4) is 34.4 Å². The number of amides is 1. The molecule has 0 aliphatic rings. The maximum Gasteiger partial charge on any atom is 0.258 e. The number of benzene rings is 3. The Kier molecular flexibility index (Phi) is 8.48. The summed E-state index contributed by atoms with van der Waals surface area (Å²) in [6.45, 7) is -0.194. The minimum Gasteiger partial charge on any atom is -0.493 e. The number of ether oxygens (including phenoxy) is 4. The quantitative estimate of drug-likeness (QED) is 0.296. The molecule has 1 amide bonds. The van der Waals surface area contributed by atoms with E-state index in [0.717, 1.165) is 5.56 Å². The number of carbonyl (C=O) groups excluding carboxylic acids is 1. The van der Waals surface area contributed by atoms with Crippen molar-refractivity contribution in [1.29, 1.82) is 0 Å². The summed E-state index contributed by atoms with van der Waals surface area (Å²) in [5, 5.41) is 7.65. The van der Waals surface area contributed by atoms with E-state index in [-0.39, 0.29) is 18.4 Å². The first kappa shape index (κ1) is 25.8. The minimum atomic E-state index is -0.591. The number of methoxy groups -OCH3 is 3. The van der Waals surface area contributed by atoms with Crippen LogP contribution in [0.15, 0.2) is 71.3 Å². The molecule has 9 nitrogen and oxygen atoms in total. The van der Waals surface area contributed by atoms with Gasteiger partial charge in [0.15, 0.2) is 18.1 Å². The van der Waals surface area contributed by atoms with Gasteiger partial charge in [0.2, 0.25) is 17.5 Å². The molecule has 4 rings (SSSR count). The highest BCUT2D eigenvalue weighted by molar-refractivity contribution is 6.30. The second-order valence-corrected chi connectivity index (χ2v) is 8.36. The lowest BCUT2D eigenvalue weighted by molar-refractivity contribution is -0.124. The Morgan fingerprint density at radius 2 is 1.65 bits per heavy atom. The van der Waals surface area contributed by atoms with Gasteiger partial charge in [-0.05, 0) is 42.0 Å². The van der Waals surface area contributed by atoms with Gasteiger partial charge in [-0.1, -0.05) is 47.1 Å². The Morgan fingerprint density at radius 3 is 2.27 bits per heavy atom. The van der Waals surface area contributed by atoms with Crippen LogP contribution in [0.5, 0.6) is 23.0 Å². The van der Waals surface area contributed by atoms with E-state index >= 15 is 0 Å². The highest BCUT2D eigenvalue weighted by Gasteiger charge is 2.24. The molecule has 1 heterocycles. The van der Waals surface area contributed by atoms with Gasteiger partial charge in [0, 0.05) is 17.0 Å². The van der Waals surface area contributed by atoms with E-state index in [9.17, 15) is 4.79 Å². The molecule has 192 valence electrons. The first-order valence-electron chi connectivity index (χ1n) is 11.4. The Labute approximate surface area is 219 Å². The average Bonchev–Trinajstić information content (AvgIpc) is 3.42. The molecule has 0 bridgehead atoms. The van der Waals surface area contributed by atoms with Crippen molar-refractivity contribution in [1.82, 2.24) is 15.5 Å². The molecule has 0 aliphatic heterocycles. The lowest BCUT2D eigenvalue weighted by Crippen LogP contribution is -2.34. The second-order valence-electron chi connectivity index (χ2n) is 7.92. The van der Waals surface area contributed by atoms with Crippen LogP contribution in [-0.2, 0) is 11.2 Å². The summed E-state index contributed by atoms with van der Waals surface area (Å²) in [5.41, 5.74) is 1.58. The molecule has 4 aromatic rings. The van der Waals surface area contributed by atoms with Crippen LogP contribution < -0.4 is 24.3 Å². The lowest BCUT2D eigenvalue weighted by Gasteiger charge is -2.16. The van der Waals surface area contributed by atoms with Gasteiger partial charge in [0.25, 0.3) is 5.91 Å². The molecule has 1 N–H and O–H groups in total. The average molecular weight is 524 g/mol. The fourth-order valence-electron chi connectivity index (χ4n) is 3.67. The van der Waals surface area contributed by atoms with Crippen LogP contribution in [0.3, 0.4) is 0 Å². The number of halogens is 1. The van der Waals surface area contributed by atoms with E-state index in [1.165, 1.54) is 21.3 Å². The Balaban J connectivity index is 1.56. The van der Waals surface area contributed by atoms with E-state index in [1.807, 2.05) is 30.3 Å². The number of nitrogens with one attached hydrogen (secondary N) is 1. The fraction of sp³-hybridized carbons (Fsp3) is 0.222. The van der Waals surface area contributed by atoms with E-state index in [0.29, 0.717) is 45.8 Å². The largest absolute Gasteiger partial charge is 0.493 e. The minimum absolute atomic E-state index is 0.194. The molecule has 0 radical (unpaired) electrons. The normalized spacial score (nSPS) is 11.5. The number of hydrogen-bond acceptors (Lipinski definition) is 8. The van der Waals surface area contributed by atoms with Gasteiger partial charge in [-0.2, -0.15) is 4.98 Å². The highest BCUT2D eigenvalue weighted by Crippen LogP contribution is 2.40. The van der Waals surface area contributed by atoms with Crippen molar-refractivity contribution < 1.29 is 28.3 Å². The van der Waals surface area contributed by atoms with Gasteiger partial charge in [0.1, 0.15) is 11.8 Å². The van der Waals surface area contributed by atoms with E-state index in [2.05, 4.69) is 15.5 Å². The van der Waals surface area contributed by atoms with Crippen molar-refractivity contribution in [2.24, 2.45) is 0 Å². The Bertz CT molecular complexity index is 1300. The monoisotopic (exact) mass is 523 g/mol. The molecule has 0 saturated heterocycles. The predicted octanol–water partition coefficient (Wildman–Crippen LogP) is 4.89. The lowest BCUT2D eigenvalue weighted by atomic mass is 10.1. The molecule has 1 atom stereocenters. The van der Waals surface area contributed by atoms with Crippen LogP contribution >= 0.6 is 11.6 Å². The molecule has 0 fully saturated rings. The zero-order valence-corrected chi connectivity index (χ0v) is 21.3. The van der Waals surface area contributed by atoms with Crippen molar-refractivity contribution in [2.75, 3.05) is 27.9 Å². The molecule has 3 aromatic carbocycles. The summed E-state index contributed by atoms with van der Waals surface area (Å²) < 4.78 is 27.4. The van der Waals surface area contributed by atoms with Crippen LogP contribution in [0.4, 0.5) is 0 Å². The van der Waals surface area contributed by atoms with E-state index < -0.39 is 6.04 Å². The van der Waals surface area contributed by atoms with Crippen LogP contribution in [0.2, 0.25) is 5.02 Å². The number of nitrogens with zero attached hydrogens (tertiary/aromatic N) is 2. The second kappa shape index (κ2) is 12.1. The molecular formula is C27H26ClN3O6. The van der Waals surface area contributed by atoms with Crippen molar-refractivity contribution in [3.05, 3.63) is 83.2 Å². The standard InChI is InChI=1S/C27H26ClN3O6/c1-33-22-14-18(15-23(34-2)25(22)35-3)26-30-27(37-31-26)21(13-17-7-5-4-6-8-17)29-24(32)16-36-20-11-9-19(28)10-12-20/h4-12,14-15,21H,13,16H2,1-3H3,(H,29,32). The predicted molar refractivity (Wildman–Crippen MR) is 137 cm³/mol. The number of aromatic nitrogens is 2. The molecule has 0 spiro atoms. The molecular weight excluding hydrogens is 498 g/mol. The van der Waals surface area contributed by atoms with Gasteiger partial charge >= 0.3 is 0 Å². The van der Waals surface area contributed by atoms with Gasteiger partial charge in [-0.25, -0.2) is 0 Å². The number of hydrogen-bond donors (Lipinski definition) is 1. The zero-order chi connectivity index (χ0) is 26.2. The molecule has 10 heteroatoms. The topological polar surface area (TPSA) is 105 Å². The summed E-state index contributed by atoms with van der Waals surface area (Å²) in [5.74, 6) is 2.09. The van der Waals surface area contributed by atoms with Crippen molar-refractivity contribution in [3.63, 3.8) is 0 Å². The van der Waals surface area contributed by atoms with Crippen molar-refractivity contribution in [2.45, 2.75) is 12.5 Å². The van der Waals surface area contributed by atoms with Gasteiger partial charge in [0.05, 0.1) is 21.3 Å². The maximum atomic E-state index is 12.8. The Hall–Kier alpha value is -4.24. The maximum absolute atomic E-state index is 12.8. The summed E-state index contributed by atoms with van der Waals surface area (Å²) in [4.78, 5) is 17.3. The van der Waals surface area contributed by atoms with Crippen LogP contribution in [0, 0.1) is 0 Å². The van der Waals surface area contributed by atoms with E-state index in [4.69, 9.17) is 35.1 Å². The van der Waals surface area contributed by atoms with Crippen molar-refractivity contribution >= 4 is 17.5 Å². The summed E-state index contributed by atoms with van der Waals surface area (Å²) in [6.07, 6.45) is 0.435. The number of carbonyl (C=O) groups is 1. The van der Waals surface area contributed by atoms with Gasteiger partial charge in [-0.15, -0.1) is 0 Å². The molecule has 37 heavy (non-hydrogen) atoms. The van der Waals surface area contributed by atoms with Crippen LogP contribution in [-0.4, -0.2) is 44.0 Å². The molecule has 1 aromatic heterocycles. The third-order valence-corrected chi connectivity index (χ3v) is 5.72. The van der Waals surface area contributed by atoms with Gasteiger partial charge < -0.3 is 28.8 Å². The molecule has 0 saturated carbocycles. The Morgan fingerprint density at radius 1 is 0.973 bits per heavy atom. The third kappa shape index (κ3) is 6.50. The first-order chi connectivity index (χ1) is 18.0. The van der Waals surface area contributed by atoms with Crippen LogP contribution in [0.25, 0.3) is 11.4 Å².